The van der Waals surface area contributed by atoms with E-state index in [0.717, 1.165) is 18.7 Å². The lowest BCUT2D eigenvalue weighted by atomic mass is 10.0. The molecule has 1 fully saturated rings. The van der Waals surface area contributed by atoms with E-state index in [-0.39, 0.29) is 11.5 Å². The lowest BCUT2D eigenvalue weighted by molar-refractivity contribution is 0.102. The Morgan fingerprint density at radius 1 is 1.25 bits per heavy atom. The Kier molecular flexibility index (Phi) is 4.69. The van der Waals surface area contributed by atoms with E-state index in [0.29, 0.717) is 17.4 Å². The molecule has 1 aliphatic rings. The third kappa shape index (κ3) is 3.50. The van der Waals surface area contributed by atoms with E-state index in [1.165, 1.54) is 31.0 Å². The molecular weight excluding hydrogens is 305 g/mol. The van der Waals surface area contributed by atoms with Gasteiger partial charge in [0.25, 0.3) is 5.91 Å². The van der Waals surface area contributed by atoms with Crippen LogP contribution in [0.5, 0.6) is 0 Å². The number of amides is 1. The van der Waals surface area contributed by atoms with Crippen molar-refractivity contribution in [3.8, 4) is 0 Å². The zero-order valence-corrected chi connectivity index (χ0v) is 13.8. The summed E-state index contributed by atoms with van der Waals surface area (Å²) >= 11 is 0. The van der Waals surface area contributed by atoms with Crippen molar-refractivity contribution in [2.24, 2.45) is 0 Å². The van der Waals surface area contributed by atoms with Crippen LogP contribution in [0.25, 0.3) is 0 Å². The summed E-state index contributed by atoms with van der Waals surface area (Å²) in [5.74, 6) is -0.787. The van der Waals surface area contributed by atoms with E-state index in [1.807, 2.05) is 12.1 Å². The molecule has 2 aromatic carbocycles. The van der Waals surface area contributed by atoms with Gasteiger partial charge in [-0.3, -0.25) is 4.79 Å². The molecule has 0 spiro atoms. The van der Waals surface area contributed by atoms with Crippen LogP contribution in [0.1, 0.15) is 36.5 Å². The maximum absolute atomic E-state index is 13.2. The third-order valence-electron chi connectivity index (χ3n) is 4.48. The number of piperidine rings is 1. The molecule has 2 aromatic rings. The van der Waals surface area contributed by atoms with Crippen LogP contribution in [0, 0.1) is 5.82 Å². The number of carbonyl (C=O) groups excluding carboxylic acids is 1. The van der Waals surface area contributed by atoms with Gasteiger partial charge >= 0.3 is 0 Å². The first-order valence-corrected chi connectivity index (χ1v) is 8.27. The largest absolute Gasteiger partial charge is 0.397 e. The molecule has 1 heterocycles. The van der Waals surface area contributed by atoms with Crippen LogP contribution in [-0.4, -0.2) is 18.5 Å². The fourth-order valence-corrected chi connectivity index (χ4v) is 3.18. The Hall–Kier alpha value is -2.56. The van der Waals surface area contributed by atoms with Crippen molar-refractivity contribution in [2.45, 2.75) is 32.2 Å². The predicted molar refractivity (Wildman–Crippen MR) is 95.9 cm³/mol. The van der Waals surface area contributed by atoms with Crippen LogP contribution in [0.2, 0.25) is 0 Å². The highest BCUT2D eigenvalue weighted by Gasteiger charge is 2.20. The van der Waals surface area contributed by atoms with Crippen LogP contribution in [0.4, 0.5) is 21.5 Å². The second kappa shape index (κ2) is 6.91. The van der Waals surface area contributed by atoms with E-state index in [2.05, 4.69) is 17.1 Å². The molecule has 0 radical (unpaired) electrons. The summed E-state index contributed by atoms with van der Waals surface area (Å²) in [6, 6.07) is 11.6. The summed E-state index contributed by atoms with van der Waals surface area (Å²) in [5.41, 5.74) is 8.73. The quantitative estimate of drug-likeness (QED) is 0.837. The Balaban J connectivity index is 1.76. The van der Waals surface area contributed by atoms with Gasteiger partial charge in [0.1, 0.15) is 5.82 Å². The molecule has 0 aromatic heterocycles. The maximum atomic E-state index is 13.2. The van der Waals surface area contributed by atoms with Crippen molar-refractivity contribution < 1.29 is 9.18 Å². The number of nitrogens with two attached hydrogens (primary N) is 1. The van der Waals surface area contributed by atoms with Gasteiger partial charge in [-0.2, -0.15) is 0 Å². The smallest absolute Gasteiger partial charge is 0.255 e. The van der Waals surface area contributed by atoms with Crippen LogP contribution in [0.3, 0.4) is 0 Å². The number of halogens is 1. The van der Waals surface area contributed by atoms with Gasteiger partial charge in [-0.05, 0) is 62.6 Å². The Morgan fingerprint density at radius 3 is 2.79 bits per heavy atom. The molecular formula is C19H22FN3O. The number of nitrogen functional groups attached to an aromatic ring is 1. The fraction of sp³-hybridized carbons (Fsp3) is 0.316. The average Bonchev–Trinajstić information content (AvgIpc) is 2.56. The molecule has 1 aliphatic heterocycles. The van der Waals surface area contributed by atoms with E-state index < -0.39 is 5.82 Å². The monoisotopic (exact) mass is 327 g/mol. The topological polar surface area (TPSA) is 58.4 Å². The molecule has 0 aliphatic carbocycles. The second-order valence-corrected chi connectivity index (χ2v) is 6.28. The first-order chi connectivity index (χ1) is 11.5. The lowest BCUT2D eigenvalue weighted by Gasteiger charge is -2.36. The van der Waals surface area contributed by atoms with Crippen molar-refractivity contribution in [3.05, 3.63) is 53.8 Å². The second-order valence-electron chi connectivity index (χ2n) is 6.28. The van der Waals surface area contributed by atoms with E-state index in [9.17, 15) is 9.18 Å². The number of carbonyl (C=O) groups is 1. The van der Waals surface area contributed by atoms with E-state index >= 15 is 0 Å². The number of nitrogens with one attached hydrogen (secondary N) is 1. The molecule has 1 saturated heterocycles. The number of hydrogen-bond donors (Lipinski definition) is 2. The van der Waals surface area contributed by atoms with Crippen LogP contribution in [-0.2, 0) is 0 Å². The van der Waals surface area contributed by atoms with Gasteiger partial charge in [-0.1, -0.05) is 6.07 Å². The molecule has 1 unspecified atom stereocenters. The number of hydrogen-bond acceptors (Lipinski definition) is 3. The molecule has 1 atom stereocenters. The zero-order valence-electron chi connectivity index (χ0n) is 13.8. The number of rotatable bonds is 3. The Labute approximate surface area is 141 Å². The van der Waals surface area contributed by atoms with Crippen molar-refractivity contribution in [2.75, 3.05) is 22.5 Å². The zero-order chi connectivity index (χ0) is 17.1. The normalized spacial score (nSPS) is 17.6. The van der Waals surface area contributed by atoms with Gasteiger partial charge in [0, 0.05) is 23.8 Å². The summed E-state index contributed by atoms with van der Waals surface area (Å²) in [6.07, 6.45) is 3.58. The minimum Gasteiger partial charge on any atom is -0.397 e. The van der Waals surface area contributed by atoms with Gasteiger partial charge in [0.05, 0.1) is 11.4 Å². The van der Waals surface area contributed by atoms with Gasteiger partial charge in [0.15, 0.2) is 0 Å². The summed E-state index contributed by atoms with van der Waals surface area (Å²) in [5, 5.41) is 2.76. The number of nitrogens with zero attached hydrogens (tertiary/aromatic N) is 1. The SMILES string of the molecule is CC1CCCCN1c1ccc(NC(=O)c2cccc(F)c2)cc1N. The molecule has 126 valence electrons. The van der Waals surface area contributed by atoms with Crippen LogP contribution < -0.4 is 16.0 Å². The average molecular weight is 327 g/mol. The van der Waals surface area contributed by atoms with Gasteiger partial charge in [0.2, 0.25) is 0 Å². The molecule has 4 nitrogen and oxygen atoms in total. The molecule has 5 heteroatoms. The lowest BCUT2D eigenvalue weighted by Crippen LogP contribution is -2.37. The first-order valence-electron chi connectivity index (χ1n) is 8.27. The Bertz CT molecular complexity index is 747. The van der Waals surface area contributed by atoms with Crippen LogP contribution >= 0.6 is 0 Å². The predicted octanol–water partition coefficient (Wildman–Crippen LogP) is 4.04. The highest BCUT2D eigenvalue weighted by molar-refractivity contribution is 6.04. The highest BCUT2D eigenvalue weighted by atomic mass is 19.1. The summed E-state index contributed by atoms with van der Waals surface area (Å²) in [7, 11) is 0. The van der Waals surface area contributed by atoms with Gasteiger partial charge in [-0.15, -0.1) is 0 Å². The van der Waals surface area contributed by atoms with E-state index in [4.69, 9.17) is 5.73 Å². The van der Waals surface area contributed by atoms with Crippen molar-refractivity contribution in [1.82, 2.24) is 0 Å². The maximum Gasteiger partial charge on any atom is 0.255 e. The molecule has 0 saturated carbocycles. The van der Waals surface area contributed by atoms with E-state index in [1.54, 1.807) is 12.1 Å². The minimum atomic E-state index is -0.434. The summed E-state index contributed by atoms with van der Waals surface area (Å²) in [4.78, 5) is 14.5. The van der Waals surface area contributed by atoms with Gasteiger partial charge in [-0.25, -0.2) is 4.39 Å². The standard InChI is InChI=1S/C19H22FN3O/c1-13-5-2-3-10-23(13)18-9-8-16(12-17(18)21)22-19(24)14-6-4-7-15(20)11-14/h4,6-9,11-13H,2-3,5,10,21H2,1H3,(H,22,24). The molecule has 1 amide bonds. The Morgan fingerprint density at radius 2 is 2.08 bits per heavy atom. The molecule has 3 N–H and O–H groups in total. The summed E-state index contributed by atoms with van der Waals surface area (Å²) in [6.45, 7) is 3.21. The molecule has 3 rings (SSSR count). The number of benzene rings is 2. The van der Waals surface area contributed by atoms with Crippen molar-refractivity contribution >= 4 is 23.0 Å². The molecule has 24 heavy (non-hydrogen) atoms. The summed E-state index contributed by atoms with van der Waals surface area (Å²) < 4.78 is 13.2. The number of anilines is 3. The van der Waals surface area contributed by atoms with Crippen LogP contribution in [0.15, 0.2) is 42.5 Å². The first kappa shape index (κ1) is 16.3. The van der Waals surface area contributed by atoms with Crippen molar-refractivity contribution in [3.63, 3.8) is 0 Å². The third-order valence-corrected chi connectivity index (χ3v) is 4.48. The van der Waals surface area contributed by atoms with Crippen molar-refractivity contribution in [1.29, 1.82) is 0 Å². The minimum absolute atomic E-state index is 0.280. The van der Waals surface area contributed by atoms with Gasteiger partial charge < -0.3 is 16.0 Å². The fourth-order valence-electron chi connectivity index (χ4n) is 3.18. The highest BCUT2D eigenvalue weighted by Crippen LogP contribution is 2.31. The molecule has 0 bridgehead atoms.